The summed E-state index contributed by atoms with van der Waals surface area (Å²) in [6.07, 6.45) is 4.86. The molecule has 1 atom stereocenters. The highest BCUT2D eigenvalue weighted by molar-refractivity contribution is 7.12. The summed E-state index contributed by atoms with van der Waals surface area (Å²) in [5.41, 5.74) is 1.50. The van der Waals surface area contributed by atoms with Gasteiger partial charge in [-0.25, -0.2) is 4.79 Å². The summed E-state index contributed by atoms with van der Waals surface area (Å²) in [5, 5.41) is 14.4. The first kappa shape index (κ1) is 19.9. The van der Waals surface area contributed by atoms with Gasteiger partial charge in [0.15, 0.2) is 0 Å². The van der Waals surface area contributed by atoms with E-state index in [0.29, 0.717) is 16.5 Å². The van der Waals surface area contributed by atoms with Crippen LogP contribution in [0.3, 0.4) is 0 Å². The lowest BCUT2D eigenvalue weighted by atomic mass is 9.96. The van der Waals surface area contributed by atoms with Crippen LogP contribution in [0.15, 0.2) is 35.7 Å². The summed E-state index contributed by atoms with van der Waals surface area (Å²) < 4.78 is 0. The first-order valence-corrected chi connectivity index (χ1v) is 11.2. The maximum Gasteiger partial charge on any atom is 0.337 e. The average Bonchev–Trinajstić information content (AvgIpc) is 3.42. The van der Waals surface area contributed by atoms with Crippen LogP contribution in [0.25, 0.3) is 0 Å². The van der Waals surface area contributed by atoms with Crippen LogP contribution in [0.2, 0.25) is 0 Å². The maximum absolute atomic E-state index is 12.3. The molecule has 1 amide bonds. The van der Waals surface area contributed by atoms with E-state index in [1.807, 2.05) is 17.5 Å². The number of nitrogens with one attached hydrogen (secondary N) is 1. The van der Waals surface area contributed by atoms with Crippen molar-refractivity contribution in [2.24, 2.45) is 5.92 Å². The van der Waals surface area contributed by atoms with E-state index in [2.05, 4.69) is 15.1 Å². The van der Waals surface area contributed by atoms with Crippen molar-refractivity contribution in [3.8, 4) is 0 Å². The monoisotopic (exact) mass is 413 g/mol. The number of hydrogen-bond donors (Lipinski definition) is 2. The predicted octanol–water partition coefficient (Wildman–Crippen LogP) is 4.01. The molecule has 0 saturated carbocycles. The van der Waals surface area contributed by atoms with Gasteiger partial charge in [0.1, 0.15) is 0 Å². The molecule has 2 aromatic rings. The molecule has 0 unspecified atom stereocenters. The number of nitrogens with zero attached hydrogens (tertiary/aromatic N) is 2. The highest BCUT2D eigenvalue weighted by atomic mass is 32.1. The SMILES string of the molecule is O=C(Nc1ccc(N2CCC[C@@H](CN3CCCC3)C2)c(C(=O)O)c1)c1cccs1. The number of carbonyl (C=O) groups excluding carboxylic acids is 1. The van der Waals surface area contributed by atoms with Gasteiger partial charge in [-0.3, -0.25) is 4.79 Å². The van der Waals surface area contributed by atoms with Gasteiger partial charge >= 0.3 is 5.97 Å². The third kappa shape index (κ3) is 4.79. The topological polar surface area (TPSA) is 72.9 Å². The van der Waals surface area contributed by atoms with Crippen LogP contribution in [0.4, 0.5) is 11.4 Å². The number of carboxylic acids is 1. The lowest BCUT2D eigenvalue weighted by molar-refractivity contribution is 0.0697. The number of carboxylic acid groups (broad SMARTS) is 1. The fourth-order valence-corrected chi connectivity index (χ4v) is 5.04. The zero-order chi connectivity index (χ0) is 20.2. The molecule has 2 N–H and O–H groups in total. The van der Waals surface area contributed by atoms with Crippen molar-refractivity contribution < 1.29 is 14.7 Å². The van der Waals surface area contributed by atoms with Crippen LogP contribution in [0.5, 0.6) is 0 Å². The second-order valence-electron chi connectivity index (χ2n) is 7.93. The second-order valence-corrected chi connectivity index (χ2v) is 8.88. The van der Waals surface area contributed by atoms with E-state index >= 15 is 0 Å². The van der Waals surface area contributed by atoms with E-state index in [9.17, 15) is 14.7 Å². The number of likely N-dealkylation sites (tertiary alicyclic amines) is 1. The average molecular weight is 414 g/mol. The Balaban J connectivity index is 1.48. The zero-order valence-electron chi connectivity index (χ0n) is 16.5. The fraction of sp³-hybridized carbons (Fsp3) is 0.455. The first-order chi connectivity index (χ1) is 14.1. The molecule has 154 valence electrons. The van der Waals surface area contributed by atoms with Crippen LogP contribution >= 0.6 is 11.3 Å². The number of aromatic carboxylic acids is 1. The predicted molar refractivity (Wildman–Crippen MR) is 116 cm³/mol. The third-order valence-electron chi connectivity index (χ3n) is 5.80. The molecule has 29 heavy (non-hydrogen) atoms. The van der Waals surface area contributed by atoms with Gasteiger partial charge in [0.2, 0.25) is 0 Å². The molecule has 0 spiro atoms. The normalized spacial score (nSPS) is 20.0. The summed E-state index contributed by atoms with van der Waals surface area (Å²) in [6, 6.07) is 8.79. The minimum absolute atomic E-state index is 0.215. The number of carbonyl (C=O) groups is 2. The number of anilines is 2. The van der Waals surface area contributed by atoms with Gasteiger partial charge in [0.05, 0.1) is 16.1 Å². The molecule has 2 saturated heterocycles. The molecule has 1 aromatic heterocycles. The first-order valence-electron chi connectivity index (χ1n) is 10.3. The van der Waals surface area contributed by atoms with Crippen LogP contribution in [-0.4, -0.2) is 54.6 Å². The van der Waals surface area contributed by atoms with Gasteiger partial charge in [0.25, 0.3) is 5.91 Å². The molecule has 2 fully saturated rings. The van der Waals surface area contributed by atoms with Gasteiger partial charge in [-0.2, -0.15) is 0 Å². The molecular weight excluding hydrogens is 386 g/mol. The standard InChI is InChI=1S/C22H27N3O3S/c26-21(20-6-4-12-29-20)23-17-7-8-19(18(13-17)22(27)28)25-11-3-5-16(15-25)14-24-9-1-2-10-24/h4,6-8,12-13,16H,1-3,5,9-11,14-15H2,(H,23,26)(H,27,28)/t16-/m0/s1. The Hall–Kier alpha value is -2.38. The van der Waals surface area contributed by atoms with Gasteiger partial charge in [-0.15, -0.1) is 11.3 Å². The van der Waals surface area contributed by atoms with E-state index in [0.717, 1.165) is 31.7 Å². The summed E-state index contributed by atoms with van der Waals surface area (Å²) >= 11 is 1.36. The summed E-state index contributed by atoms with van der Waals surface area (Å²) in [7, 11) is 0. The van der Waals surface area contributed by atoms with Crippen molar-refractivity contribution in [2.75, 3.05) is 42.9 Å². The quantitative estimate of drug-likeness (QED) is 0.749. The molecular formula is C22H27N3O3S. The smallest absolute Gasteiger partial charge is 0.337 e. The van der Waals surface area contributed by atoms with Crippen molar-refractivity contribution in [3.05, 3.63) is 46.2 Å². The number of benzene rings is 1. The largest absolute Gasteiger partial charge is 0.478 e. The number of piperidine rings is 1. The Labute approximate surface area is 175 Å². The van der Waals surface area contributed by atoms with Crippen molar-refractivity contribution in [3.63, 3.8) is 0 Å². The zero-order valence-corrected chi connectivity index (χ0v) is 17.3. The highest BCUT2D eigenvalue weighted by Gasteiger charge is 2.26. The highest BCUT2D eigenvalue weighted by Crippen LogP contribution is 2.30. The Morgan fingerprint density at radius 1 is 1.14 bits per heavy atom. The van der Waals surface area contributed by atoms with Crippen LogP contribution in [-0.2, 0) is 0 Å². The number of amides is 1. The molecule has 4 rings (SSSR count). The lowest BCUT2D eigenvalue weighted by Gasteiger charge is -2.36. The fourth-order valence-electron chi connectivity index (χ4n) is 4.42. The summed E-state index contributed by atoms with van der Waals surface area (Å²) in [6.45, 7) is 5.24. The van der Waals surface area contributed by atoms with Crippen LogP contribution in [0.1, 0.15) is 45.7 Å². The van der Waals surface area contributed by atoms with Gasteiger partial charge in [-0.05, 0) is 74.3 Å². The molecule has 0 aliphatic carbocycles. The van der Waals surface area contributed by atoms with Crippen molar-refractivity contribution >= 4 is 34.6 Å². The van der Waals surface area contributed by atoms with Crippen molar-refractivity contribution in [1.29, 1.82) is 0 Å². The van der Waals surface area contributed by atoms with Crippen molar-refractivity contribution in [2.45, 2.75) is 25.7 Å². The minimum Gasteiger partial charge on any atom is -0.478 e. The van der Waals surface area contributed by atoms with E-state index in [4.69, 9.17) is 0 Å². The molecule has 0 radical (unpaired) electrons. The van der Waals surface area contributed by atoms with Crippen LogP contribution in [0, 0.1) is 5.92 Å². The molecule has 7 heteroatoms. The van der Waals surface area contributed by atoms with E-state index < -0.39 is 5.97 Å². The molecule has 1 aromatic carbocycles. The second kappa shape index (κ2) is 8.97. The van der Waals surface area contributed by atoms with Crippen molar-refractivity contribution in [1.82, 2.24) is 4.90 Å². The molecule has 3 heterocycles. The molecule has 2 aliphatic heterocycles. The molecule has 2 aliphatic rings. The number of thiophene rings is 1. The minimum atomic E-state index is -0.964. The Bertz CT molecular complexity index is 862. The third-order valence-corrected chi connectivity index (χ3v) is 6.67. The lowest BCUT2D eigenvalue weighted by Crippen LogP contribution is -2.41. The summed E-state index contributed by atoms with van der Waals surface area (Å²) in [5.74, 6) is -0.608. The maximum atomic E-state index is 12.3. The summed E-state index contributed by atoms with van der Waals surface area (Å²) in [4.78, 5) is 29.6. The number of rotatable bonds is 6. The van der Waals surface area contributed by atoms with E-state index in [-0.39, 0.29) is 11.5 Å². The van der Waals surface area contributed by atoms with Gasteiger partial charge in [0, 0.05) is 25.3 Å². The van der Waals surface area contributed by atoms with Gasteiger partial charge < -0.3 is 20.2 Å². The van der Waals surface area contributed by atoms with Gasteiger partial charge in [-0.1, -0.05) is 6.07 Å². The molecule has 0 bridgehead atoms. The molecule has 6 nitrogen and oxygen atoms in total. The Morgan fingerprint density at radius 2 is 1.97 bits per heavy atom. The van der Waals surface area contributed by atoms with Crippen LogP contribution < -0.4 is 10.2 Å². The Morgan fingerprint density at radius 3 is 2.69 bits per heavy atom. The number of hydrogen-bond acceptors (Lipinski definition) is 5. The Kier molecular flexibility index (Phi) is 6.16. The van der Waals surface area contributed by atoms with E-state index in [1.54, 1.807) is 18.2 Å². The van der Waals surface area contributed by atoms with E-state index in [1.165, 1.54) is 43.7 Å².